The van der Waals surface area contributed by atoms with Gasteiger partial charge in [0.2, 0.25) is 5.82 Å². The van der Waals surface area contributed by atoms with Gasteiger partial charge in [0.15, 0.2) is 0 Å². The molecule has 0 fully saturated rings. The lowest BCUT2D eigenvalue weighted by molar-refractivity contribution is -0.387. The molecular formula is C14H11F3N2O2. The van der Waals surface area contributed by atoms with Crippen LogP contribution in [0.25, 0.3) is 0 Å². The Labute approximate surface area is 118 Å². The van der Waals surface area contributed by atoms with E-state index in [1.165, 1.54) is 12.1 Å². The maximum absolute atomic E-state index is 13.6. The van der Waals surface area contributed by atoms with Crippen molar-refractivity contribution in [2.45, 2.75) is 13.0 Å². The fraction of sp³-hybridized carbons (Fsp3) is 0.143. The Bertz CT molecular complexity index is 692. The van der Waals surface area contributed by atoms with Crippen LogP contribution < -0.4 is 5.32 Å². The maximum Gasteiger partial charge on any atom is 0.304 e. The van der Waals surface area contributed by atoms with Gasteiger partial charge in [-0.15, -0.1) is 0 Å². The van der Waals surface area contributed by atoms with Gasteiger partial charge in [-0.25, -0.2) is 8.78 Å². The molecule has 0 spiro atoms. The van der Waals surface area contributed by atoms with Crippen molar-refractivity contribution in [1.82, 2.24) is 0 Å². The molecule has 0 radical (unpaired) electrons. The molecule has 2 aromatic rings. The second-order valence-corrected chi connectivity index (χ2v) is 4.46. The van der Waals surface area contributed by atoms with Gasteiger partial charge in [0.25, 0.3) is 0 Å². The minimum Gasteiger partial charge on any atom is -0.378 e. The molecule has 0 aliphatic rings. The molecular weight excluding hydrogens is 285 g/mol. The summed E-state index contributed by atoms with van der Waals surface area (Å²) in [6.45, 7) is 1.61. The Morgan fingerprint density at radius 1 is 1.10 bits per heavy atom. The first-order chi connectivity index (χ1) is 9.88. The molecule has 0 saturated heterocycles. The molecule has 0 saturated carbocycles. The molecule has 0 bridgehead atoms. The van der Waals surface area contributed by atoms with Gasteiger partial charge in [-0.3, -0.25) is 10.1 Å². The van der Waals surface area contributed by atoms with Crippen molar-refractivity contribution < 1.29 is 18.1 Å². The molecule has 0 amide bonds. The molecule has 4 nitrogen and oxygen atoms in total. The first-order valence-electron chi connectivity index (χ1n) is 6.04. The number of halogens is 3. The van der Waals surface area contributed by atoms with Crippen LogP contribution in [0.2, 0.25) is 0 Å². The van der Waals surface area contributed by atoms with Gasteiger partial charge in [0.1, 0.15) is 11.6 Å². The van der Waals surface area contributed by atoms with E-state index in [0.29, 0.717) is 0 Å². The molecule has 1 N–H and O–H groups in total. The highest BCUT2D eigenvalue weighted by Crippen LogP contribution is 2.25. The van der Waals surface area contributed by atoms with Crippen LogP contribution in [-0.2, 0) is 0 Å². The number of anilines is 1. The molecule has 2 rings (SSSR count). The molecule has 0 aliphatic heterocycles. The fourth-order valence-corrected chi connectivity index (χ4v) is 1.93. The molecule has 2 aromatic carbocycles. The largest absolute Gasteiger partial charge is 0.378 e. The number of hydrogen-bond acceptors (Lipinski definition) is 3. The number of hydrogen-bond donors (Lipinski definition) is 1. The molecule has 0 heterocycles. The summed E-state index contributed by atoms with van der Waals surface area (Å²) in [5.41, 5.74) is -0.175. The zero-order chi connectivity index (χ0) is 15.6. The van der Waals surface area contributed by atoms with E-state index < -0.39 is 34.1 Å². The molecule has 1 atom stereocenters. The zero-order valence-corrected chi connectivity index (χ0v) is 10.9. The standard InChI is InChI=1S/C14H11F3N2O2/c1-8(11-4-2-9(15)6-12(11)16)18-10-3-5-14(19(20)21)13(17)7-10/h2-8,18H,1H3. The van der Waals surface area contributed by atoms with Crippen LogP contribution in [0.4, 0.5) is 24.5 Å². The first-order valence-corrected chi connectivity index (χ1v) is 6.04. The number of nitrogens with one attached hydrogen (secondary N) is 1. The lowest BCUT2D eigenvalue weighted by atomic mass is 10.1. The van der Waals surface area contributed by atoms with Crippen LogP contribution in [0.15, 0.2) is 36.4 Å². The second-order valence-electron chi connectivity index (χ2n) is 4.46. The summed E-state index contributed by atoms with van der Waals surface area (Å²) in [6.07, 6.45) is 0. The minimum atomic E-state index is -0.989. The summed E-state index contributed by atoms with van der Waals surface area (Å²) < 4.78 is 39.9. The average Bonchev–Trinajstić information content (AvgIpc) is 2.37. The highest BCUT2D eigenvalue weighted by molar-refractivity contribution is 5.51. The SMILES string of the molecule is CC(Nc1ccc([N+](=O)[O-])c(F)c1)c1ccc(F)cc1F. The van der Waals surface area contributed by atoms with Crippen molar-refractivity contribution in [2.75, 3.05) is 5.32 Å². The van der Waals surface area contributed by atoms with Gasteiger partial charge in [-0.2, -0.15) is 4.39 Å². The Morgan fingerprint density at radius 2 is 1.81 bits per heavy atom. The minimum absolute atomic E-state index is 0.204. The van der Waals surface area contributed by atoms with E-state index in [1.807, 2.05) is 0 Å². The molecule has 0 aliphatic carbocycles. The number of nitro groups is 1. The van der Waals surface area contributed by atoms with Gasteiger partial charge in [0.05, 0.1) is 11.0 Å². The van der Waals surface area contributed by atoms with E-state index >= 15 is 0 Å². The predicted molar refractivity (Wildman–Crippen MR) is 71.5 cm³/mol. The van der Waals surface area contributed by atoms with Crippen molar-refractivity contribution in [3.63, 3.8) is 0 Å². The van der Waals surface area contributed by atoms with E-state index in [9.17, 15) is 23.3 Å². The summed E-state index contributed by atoms with van der Waals surface area (Å²) in [5, 5.41) is 13.3. The normalized spacial score (nSPS) is 12.0. The smallest absolute Gasteiger partial charge is 0.304 e. The third kappa shape index (κ3) is 3.31. The molecule has 110 valence electrons. The van der Waals surface area contributed by atoms with Crippen molar-refractivity contribution >= 4 is 11.4 Å². The van der Waals surface area contributed by atoms with Crippen LogP contribution in [0.3, 0.4) is 0 Å². The number of nitrogens with zero attached hydrogens (tertiary/aromatic N) is 1. The van der Waals surface area contributed by atoms with Crippen LogP contribution in [0.5, 0.6) is 0 Å². The first kappa shape index (κ1) is 14.8. The summed E-state index contributed by atoms with van der Waals surface area (Å²) in [5.74, 6) is -2.40. The van der Waals surface area contributed by atoms with Gasteiger partial charge in [0, 0.05) is 29.4 Å². The third-order valence-corrected chi connectivity index (χ3v) is 2.96. The van der Waals surface area contributed by atoms with E-state index in [2.05, 4.69) is 5.32 Å². The van der Waals surface area contributed by atoms with Crippen LogP contribution in [0, 0.1) is 27.6 Å². The van der Waals surface area contributed by atoms with Crippen molar-refractivity contribution in [1.29, 1.82) is 0 Å². The third-order valence-electron chi connectivity index (χ3n) is 2.96. The summed E-state index contributed by atoms with van der Waals surface area (Å²) >= 11 is 0. The Kier molecular flexibility index (Phi) is 4.11. The van der Waals surface area contributed by atoms with Gasteiger partial charge in [-0.1, -0.05) is 6.07 Å². The molecule has 7 heteroatoms. The Balaban J connectivity index is 2.21. The van der Waals surface area contributed by atoms with E-state index in [-0.39, 0.29) is 11.3 Å². The van der Waals surface area contributed by atoms with Crippen LogP contribution >= 0.6 is 0 Å². The van der Waals surface area contributed by atoms with Crippen molar-refractivity contribution in [3.05, 3.63) is 69.5 Å². The fourth-order valence-electron chi connectivity index (χ4n) is 1.93. The van der Waals surface area contributed by atoms with Crippen molar-refractivity contribution in [3.8, 4) is 0 Å². The molecule has 0 aromatic heterocycles. The maximum atomic E-state index is 13.6. The topological polar surface area (TPSA) is 55.2 Å². The number of benzene rings is 2. The lowest BCUT2D eigenvalue weighted by Crippen LogP contribution is -2.09. The molecule has 21 heavy (non-hydrogen) atoms. The van der Waals surface area contributed by atoms with Gasteiger partial charge in [-0.05, 0) is 19.1 Å². The second kappa shape index (κ2) is 5.82. The summed E-state index contributed by atoms with van der Waals surface area (Å²) in [6, 6.07) is 5.88. The average molecular weight is 296 g/mol. The predicted octanol–water partition coefficient (Wildman–Crippen LogP) is 4.19. The van der Waals surface area contributed by atoms with Crippen molar-refractivity contribution in [2.24, 2.45) is 0 Å². The van der Waals surface area contributed by atoms with Crippen LogP contribution in [0.1, 0.15) is 18.5 Å². The quantitative estimate of drug-likeness (QED) is 0.680. The van der Waals surface area contributed by atoms with E-state index in [4.69, 9.17) is 0 Å². The summed E-state index contributed by atoms with van der Waals surface area (Å²) in [4.78, 5) is 9.68. The highest BCUT2D eigenvalue weighted by atomic mass is 19.1. The Hall–Kier alpha value is -2.57. The monoisotopic (exact) mass is 296 g/mol. The van der Waals surface area contributed by atoms with E-state index in [0.717, 1.165) is 24.3 Å². The molecule has 1 unspecified atom stereocenters. The van der Waals surface area contributed by atoms with Gasteiger partial charge < -0.3 is 5.32 Å². The summed E-state index contributed by atoms with van der Waals surface area (Å²) in [7, 11) is 0. The number of rotatable bonds is 4. The van der Waals surface area contributed by atoms with Gasteiger partial charge >= 0.3 is 5.69 Å². The van der Waals surface area contributed by atoms with Crippen LogP contribution in [-0.4, -0.2) is 4.92 Å². The number of nitro benzene ring substituents is 1. The highest BCUT2D eigenvalue weighted by Gasteiger charge is 2.16. The van der Waals surface area contributed by atoms with E-state index in [1.54, 1.807) is 6.92 Å². The zero-order valence-electron chi connectivity index (χ0n) is 10.9. The lowest BCUT2D eigenvalue weighted by Gasteiger charge is -2.16. The Morgan fingerprint density at radius 3 is 2.38 bits per heavy atom.